The zero-order valence-corrected chi connectivity index (χ0v) is 12.2. The van der Waals surface area contributed by atoms with Crippen molar-refractivity contribution in [3.8, 4) is 5.75 Å². The first-order valence-corrected chi connectivity index (χ1v) is 7.55. The van der Waals surface area contributed by atoms with Gasteiger partial charge in [-0.3, -0.25) is 0 Å². The predicted octanol–water partition coefficient (Wildman–Crippen LogP) is 1.82. The van der Waals surface area contributed by atoms with Crippen LogP contribution in [0, 0.1) is 0 Å². The number of nitrogen functional groups attached to an aromatic ring is 1. The fourth-order valence-electron chi connectivity index (χ4n) is 1.76. The van der Waals surface area contributed by atoms with Gasteiger partial charge >= 0.3 is 0 Å². The third kappa shape index (κ3) is 4.11. The van der Waals surface area contributed by atoms with Crippen LogP contribution < -0.4 is 11.1 Å². The molecule has 0 bridgehead atoms. The van der Waals surface area contributed by atoms with Crippen LogP contribution in [0.4, 0.5) is 5.82 Å². The van der Waals surface area contributed by atoms with Gasteiger partial charge in [-0.2, -0.15) is 0 Å². The monoisotopic (exact) mass is 290 g/mol. The first kappa shape index (κ1) is 14.6. The highest BCUT2D eigenvalue weighted by Gasteiger charge is 2.03. The van der Waals surface area contributed by atoms with E-state index in [1.54, 1.807) is 18.3 Å². The van der Waals surface area contributed by atoms with E-state index in [2.05, 4.69) is 15.3 Å². The third-order valence-corrected chi connectivity index (χ3v) is 3.46. The zero-order chi connectivity index (χ0) is 14.4. The number of hydrogen-bond donors (Lipinski definition) is 3. The maximum atomic E-state index is 9.21. The molecule has 0 atom stereocenters. The summed E-state index contributed by atoms with van der Waals surface area (Å²) in [6, 6.07) is 7.23. The Balaban J connectivity index is 1.79. The summed E-state index contributed by atoms with van der Waals surface area (Å²) in [5.74, 6) is 0.821. The molecule has 106 valence electrons. The molecular formula is C14H18N4OS. The molecule has 1 aromatic heterocycles. The molecule has 0 radical (unpaired) electrons. The van der Waals surface area contributed by atoms with Crippen molar-refractivity contribution in [2.45, 2.75) is 18.1 Å². The van der Waals surface area contributed by atoms with E-state index in [0.29, 0.717) is 23.3 Å². The zero-order valence-electron chi connectivity index (χ0n) is 11.3. The minimum Gasteiger partial charge on any atom is -0.508 e. The molecule has 1 heterocycles. The van der Waals surface area contributed by atoms with Crippen LogP contribution in [-0.2, 0) is 13.0 Å². The Morgan fingerprint density at radius 3 is 2.70 bits per heavy atom. The summed E-state index contributed by atoms with van der Waals surface area (Å²) < 4.78 is 0. The fraction of sp³-hybridized carbons (Fsp3) is 0.286. The number of thioether (sulfide) groups is 1. The van der Waals surface area contributed by atoms with Gasteiger partial charge in [-0.15, -0.1) is 0 Å². The van der Waals surface area contributed by atoms with Gasteiger partial charge in [0.2, 0.25) is 0 Å². The molecule has 0 spiro atoms. The Bertz CT molecular complexity index is 560. The van der Waals surface area contributed by atoms with E-state index in [-0.39, 0.29) is 0 Å². The number of phenolic OH excluding ortho intramolecular Hbond substituents is 1. The number of nitrogens with two attached hydrogens (primary N) is 1. The van der Waals surface area contributed by atoms with Crippen molar-refractivity contribution in [2.24, 2.45) is 0 Å². The van der Waals surface area contributed by atoms with E-state index in [9.17, 15) is 5.11 Å². The molecular weight excluding hydrogens is 272 g/mol. The van der Waals surface area contributed by atoms with E-state index in [0.717, 1.165) is 18.5 Å². The number of benzene rings is 1. The second-order valence-corrected chi connectivity index (χ2v) is 5.13. The van der Waals surface area contributed by atoms with Crippen LogP contribution in [0.15, 0.2) is 35.6 Å². The number of phenols is 1. The van der Waals surface area contributed by atoms with Gasteiger partial charge in [0, 0.05) is 18.3 Å². The van der Waals surface area contributed by atoms with Gasteiger partial charge in [-0.1, -0.05) is 23.9 Å². The molecule has 2 rings (SSSR count). The van der Waals surface area contributed by atoms with E-state index < -0.39 is 0 Å². The summed E-state index contributed by atoms with van der Waals surface area (Å²) in [5, 5.41) is 13.2. The third-order valence-electron chi connectivity index (χ3n) is 2.90. The SMILES string of the molecule is CSc1ncc(CNCCc2ccc(O)cc2)c(N)n1. The average Bonchev–Trinajstić information content (AvgIpc) is 2.46. The minimum absolute atomic E-state index is 0.292. The van der Waals surface area contributed by atoms with Crippen molar-refractivity contribution in [1.29, 1.82) is 0 Å². The Kier molecular flexibility index (Phi) is 5.20. The van der Waals surface area contributed by atoms with Gasteiger partial charge < -0.3 is 16.2 Å². The van der Waals surface area contributed by atoms with E-state index in [4.69, 9.17) is 5.73 Å². The maximum Gasteiger partial charge on any atom is 0.189 e. The van der Waals surface area contributed by atoms with Crippen molar-refractivity contribution < 1.29 is 5.11 Å². The lowest BCUT2D eigenvalue weighted by atomic mass is 10.1. The molecule has 0 fully saturated rings. The molecule has 0 aliphatic heterocycles. The molecule has 0 amide bonds. The molecule has 0 unspecified atom stereocenters. The number of nitrogens with one attached hydrogen (secondary N) is 1. The molecule has 20 heavy (non-hydrogen) atoms. The van der Waals surface area contributed by atoms with Crippen molar-refractivity contribution in [3.63, 3.8) is 0 Å². The largest absolute Gasteiger partial charge is 0.508 e. The fourth-order valence-corrected chi connectivity index (χ4v) is 2.10. The lowest BCUT2D eigenvalue weighted by Gasteiger charge is -2.07. The molecule has 1 aromatic carbocycles. The number of aromatic hydroxyl groups is 1. The lowest BCUT2D eigenvalue weighted by molar-refractivity contribution is 0.475. The maximum absolute atomic E-state index is 9.21. The first-order valence-electron chi connectivity index (χ1n) is 6.33. The van der Waals surface area contributed by atoms with Crippen LogP contribution in [0.5, 0.6) is 5.75 Å². The molecule has 0 aliphatic carbocycles. The average molecular weight is 290 g/mol. The molecule has 0 saturated carbocycles. The van der Waals surface area contributed by atoms with Crippen molar-refractivity contribution >= 4 is 17.6 Å². The number of aromatic nitrogens is 2. The summed E-state index contributed by atoms with van der Waals surface area (Å²) >= 11 is 1.48. The highest BCUT2D eigenvalue weighted by Crippen LogP contribution is 2.13. The number of rotatable bonds is 6. The molecule has 0 saturated heterocycles. The lowest BCUT2D eigenvalue weighted by Crippen LogP contribution is -2.18. The normalized spacial score (nSPS) is 10.7. The van der Waals surface area contributed by atoms with Crippen LogP contribution in [0.1, 0.15) is 11.1 Å². The quantitative estimate of drug-likeness (QED) is 0.427. The first-order chi connectivity index (χ1) is 9.69. The highest BCUT2D eigenvalue weighted by molar-refractivity contribution is 7.98. The predicted molar refractivity (Wildman–Crippen MR) is 81.7 cm³/mol. The molecule has 4 N–H and O–H groups in total. The van der Waals surface area contributed by atoms with E-state index in [1.165, 1.54) is 17.3 Å². The van der Waals surface area contributed by atoms with Gasteiger partial charge in [0.1, 0.15) is 11.6 Å². The summed E-state index contributed by atoms with van der Waals surface area (Å²) in [5.41, 5.74) is 7.96. The summed E-state index contributed by atoms with van der Waals surface area (Å²) in [7, 11) is 0. The second-order valence-electron chi connectivity index (χ2n) is 4.36. The molecule has 5 nitrogen and oxygen atoms in total. The van der Waals surface area contributed by atoms with Crippen LogP contribution in [0.3, 0.4) is 0 Å². The highest BCUT2D eigenvalue weighted by atomic mass is 32.2. The Hall–Kier alpha value is -1.79. The summed E-state index contributed by atoms with van der Waals surface area (Å²) in [4.78, 5) is 8.41. The van der Waals surface area contributed by atoms with Gasteiger partial charge in [-0.05, 0) is 36.9 Å². The molecule has 6 heteroatoms. The van der Waals surface area contributed by atoms with Gasteiger partial charge in [0.25, 0.3) is 0 Å². The van der Waals surface area contributed by atoms with Gasteiger partial charge in [0.15, 0.2) is 5.16 Å². The van der Waals surface area contributed by atoms with Gasteiger partial charge in [0.05, 0.1) is 0 Å². The number of anilines is 1. The van der Waals surface area contributed by atoms with Crippen LogP contribution >= 0.6 is 11.8 Å². The standard InChI is InChI=1S/C14H18N4OS/c1-20-14-17-9-11(13(15)18-14)8-16-7-6-10-2-4-12(19)5-3-10/h2-5,9,16,19H,6-8H2,1H3,(H2,15,17,18). The van der Waals surface area contributed by atoms with Crippen LogP contribution in [0.2, 0.25) is 0 Å². The number of hydrogen-bond acceptors (Lipinski definition) is 6. The van der Waals surface area contributed by atoms with Crippen LogP contribution in [-0.4, -0.2) is 27.9 Å². The molecule has 2 aromatic rings. The Morgan fingerprint density at radius 1 is 1.30 bits per heavy atom. The van der Waals surface area contributed by atoms with Crippen LogP contribution in [0.25, 0.3) is 0 Å². The van der Waals surface area contributed by atoms with E-state index >= 15 is 0 Å². The Morgan fingerprint density at radius 2 is 2.05 bits per heavy atom. The van der Waals surface area contributed by atoms with Crippen molar-refractivity contribution in [1.82, 2.24) is 15.3 Å². The van der Waals surface area contributed by atoms with Gasteiger partial charge in [-0.25, -0.2) is 9.97 Å². The van der Waals surface area contributed by atoms with Crippen molar-refractivity contribution in [2.75, 3.05) is 18.5 Å². The minimum atomic E-state index is 0.292. The summed E-state index contributed by atoms with van der Waals surface area (Å²) in [6.45, 7) is 1.48. The summed E-state index contributed by atoms with van der Waals surface area (Å²) in [6.07, 6.45) is 4.58. The Labute approximate surface area is 122 Å². The van der Waals surface area contributed by atoms with E-state index in [1.807, 2.05) is 18.4 Å². The second kappa shape index (κ2) is 7.12. The topological polar surface area (TPSA) is 84.1 Å². The molecule has 0 aliphatic rings. The smallest absolute Gasteiger partial charge is 0.189 e. The number of nitrogens with zero attached hydrogens (tertiary/aromatic N) is 2. The van der Waals surface area contributed by atoms with Crippen molar-refractivity contribution in [3.05, 3.63) is 41.6 Å².